The Morgan fingerprint density at radius 2 is 2.11 bits per heavy atom. The van der Waals surface area contributed by atoms with Gasteiger partial charge in [-0.25, -0.2) is 0 Å². The van der Waals surface area contributed by atoms with E-state index in [1.807, 2.05) is 4.90 Å². The number of carbonyl (C=O) groups excluding carboxylic acids is 1. The number of rotatable bonds is 6. The van der Waals surface area contributed by atoms with Gasteiger partial charge in [-0.15, -0.1) is 0 Å². The molecule has 1 aliphatic rings. The summed E-state index contributed by atoms with van der Waals surface area (Å²) in [4.78, 5) is 14.7. The molecule has 0 saturated heterocycles. The summed E-state index contributed by atoms with van der Waals surface area (Å²) in [7, 11) is 1.68. The Kier molecular flexibility index (Phi) is 6.80. The van der Waals surface area contributed by atoms with E-state index in [1.54, 1.807) is 7.11 Å². The van der Waals surface area contributed by atoms with Crippen molar-refractivity contribution in [3.63, 3.8) is 0 Å². The van der Waals surface area contributed by atoms with E-state index in [4.69, 9.17) is 10.5 Å². The minimum absolute atomic E-state index is 0.0966. The third kappa shape index (κ3) is 4.77. The molecule has 1 rings (SSSR count). The zero-order valence-electron chi connectivity index (χ0n) is 12.9. The molecular weight excluding hydrogens is 240 g/mol. The van der Waals surface area contributed by atoms with Crippen molar-refractivity contribution in [2.75, 3.05) is 26.8 Å². The number of methoxy groups -OCH3 is 1. The Labute approximate surface area is 117 Å². The van der Waals surface area contributed by atoms with Crippen LogP contribution in [0, 0.1) is 17.8 Å². The van der Waals surface area contributed by atoms with Gasteiger partial charge in [-0.3, -0.25) is 4.79 Å². The Morgan fingerprint density at radius 3 is 2.68 bits per heavy atom. The maximum atomic E-state index is 12.7. The van der Waals surface area contributed by atoms with Crippen LogP contribution in [0.4, 0.5) is 0 Å². The van der Waals surface area contributed by atoms with Gasteiger partial charge in [0.05, 0.1) is 6.61 Å². The topological polar surface area (TPSA) is 55.6 Å². The van der Waals surface area contributed by atoms with Crippen LogP contribution in [0.2, 0.25) is 0 Å². The van der Waals surface area contributed by atoms with Crippen LogP contribution in [0.25, 0.3) is 0 Å². The lowest BCUT2D eigenvalue weighted by molar-refractivity contribution is -0.139. The monoisotopic (exact) mass is 270 g/mol. The predicted octanol–water partition coefficient (Wildman–Crippen LogP) is 1.88. The summed E-state index contributed by atoms with van der Waals surface area (Å²) >= 11 is 0. The molecule has 0 radical (unpaired) electrons. The highest BCUT2D eigenvalue weighted by Gasteiger charge is 2.35. The number of carbonyl (C=O) groups is 1. The van der Waals surface area contributed by atoms with Crippen LogP contribution in [-0.2, 0) is 9.53 Å². The SMILES string of the molecule is COCCN(CC(C)C)C(=O)C1CCCC(N)C1C. The lowest BCUT2D eigenvalue weighted by Crippen LogP contribution is -2.47. The molecule has 0 aliphatic heterocycles. The molecular formula is C15H30N2O2. The van der Waals surface area contributed by atoms with Gasteiger partial charge in [-0.05, 0) is 24.7 Å². The van der Waals surface area contributed by atoms with Crippen molar-refractivity contribution in [3.8, 4) is 0 Å². The molecule has 3 unspecified atom stereocenters. The highest BCUT2D eigenvalue weighted by Crippen LogP contribution is 2.30. The molecule has 2 N–H and O–H groups in total. The number of ether oxygens (including phenoxy) is 1. The van der Waals surface area contributed by atoms with E-state index in [9.17, 15) is 4.79 Å². The van der Waals surface area contributed by atoms with E-state index in [1.165, 1.54) is 0 Å². The summed E-state index contributed by atoms with van der Waals surface area (Å²) in [6.07, 6.45) is 3.10. The Morgan fingerprint density at radius 1 is 1.42 bits per heavy atom. The van der Waals surface area contributed by atoms with Gasteiger partial charge >= 0.3 is 0 Å². The van der Waals surface area contributed by atoms with Crippen LogP contribution in [0.5, 0.6) is 0 Å². The van der Waals surface area contributed by atoms with Crippen molar-refractivity contribution >= 4 is 5.91 Å². The number of hydrogen-bond acceptors (Lipinski definition) is 3. The van der Waals surface area contributed by atoms with E-state index in [2.05, 4.69) is 20.8 Å². The Hall–Kier alpha value is -0.610. The molecule has 4 heteroatoms. The Bertz CT molecular complexity index is 281. The van der Waals surface area contributed by atoms with Crippen molar-refractivity contribution in [1.82, 2.24) is 4.90 Å². The largest absolute Gasteiger partial charge is 0.383 e. The first-order valence-electron chi connectivity index (χ1n) is 7.50. The maximum absolute atomic E-state index is 12.7. The van der Waals surface area contributed by atoms with Crippen LogP contribution in [0.15, 0.2) is 0 Å². The van der Waals surface area contributed by atoms with E-state index < -0.39 is 0 Å². The van der Waals surface area contributed by atoms with Gasteiger partial charge in [-0.2, -0.15) is 0 Å². The zero-order valence-corrected chi connectivity index (χ0v) is 12.9. The minimum Gasteiger partial charge on any atom is -0.383 e. The molecule has 19 heavy (non-hydrogen) atoms. The van der Waals surface area contributed by atoms with Gasteiger partial charge in [-0.1, -0.05) is 27.2 Å². The van der Waals surface area contributed by atoms with E-state index in [-0.39, 0.29) is 17.9 Å². The quantitative estimate of drug-likeness (QED) is 0.802. The first kappa shape index (κ1) is 16.4. The second kappa shape index (κ2) is 7.85. The van der Waals surface area contributed by atoms with Crippen molar-refractivity contribution < 1.29 is 9.53 Å². The number of nitrogens with zero attached hydrogens (tertiary/aromatic N) is 1. The molecule has 112 valence electrons. The highest BCUT2D eigenvalue weighted by atomic mass is 16.5. The molecule has 0 heterocycles. The van der Waals surface area contributed by atoms with Gasteiger partial charge in [0.15, 0.2) is 0 Å². The lowest BCUT2D eigenvalue weighted by atomic mass is 9.76. The van der Waals surface area contributed by atoms with Gasteiger partial charge < -0.3 is 15.4 Å². The fourth-order valence-electron chi connectivity index (χ4n) is 2.91. The van der Waals surface area contributed by atoms with Gasteiger partial charge in [0.2, 0.25) is 5.91 Å². The summed E-state index contributed by atoms with van der Waals surface area (Å²) in [6.45, 7) is 8.50. The number of nitrogens with two attached hydrogens (primary N) is 1. The highest BCUT2D eigenvalue weighted by molar-refractivity contribution is 5.79. The van der Waals surface area contributed by atoms with Crippen molar-refractivity contribution in [2.45, 2.75) is 46.1 Å². The lowest BCUT2D eigenvalue weighted by Gasteiger charge is -2.36. The molecule has 4 nitrogen and oxygen atoms in total. The average molecular weight is 270 g/mol. The van der Waals surface area contributed by atoms with Gasteiger partial charge in [0, 0.05) is 32.2 Å². The standard InChI is InChI=1S/C15H30N2O2/c1-11(2)10-17(8-9-19-4)15(18)13-6-5-7-14(16)12(13)3/h11-14H,5-10,16H2,1-4H3. The van der Waals surface area contributed by atoms with Crippen LogP contribution in [0.1, 0.15) is 40.0 Å². The van der Waals surface area contributed by atoms with Gasteiger partial charge in [0.25, 0.3) is 0 Å². The molecule has 1 aliphatic carbocycles. The fourth-order valence-corrected chi connectivity index (χ4v) is 2.91. The molecule has 0 spiro atoms. The maximum Gasteiger partial charge on any atom is 0.226 e. The van der Waals surface area contributed by atoms with E-state index >= 15 is 0 Å². The van der Waals surface area contributed by atoms with E-state index in [0.717, 1.165) is 25.8 Å². The smallest absolute Gasteiger partial charge is 0.226 e. The van der Waals surface area contributed by atoms with E-state index in [0.29, 0.717) is 25.0 Å². The normalized spacial score (nSPS) is 27.6. The minimum atomic E-state index is 0.0966. The number of amides is 1. The summed E-state index contributed by atoms with van der Waals surface area (Å²) in [5.74, 6) is 1.14. The third-order valence-corrected chi connectivity index (χ3v) is 4.14. The van der Waals surface area contributed by atoms with Gasteiger partial charge in [0.1, 0.15) is 0 Å². The Balaban J connectivity index is 2.68. The molecule has 1 saturated carbocycles. The molecule has 1 amide bonds. The van der Waals surface area contributed by atoms with Crippen LogP contribution in [-0.4, -0.2) is 43.7 Å². The van der Waals surface area contributed by atoms with Crippen LogP contribution in [0.3, 0.4) is 0 Å². The fraction of sp³-hybridized carbons (Fsp3) is 0.933. The molecule has 0 bridgehead atoms. The first-order valence-corrected chi connectivity index (χ1v) is 7.50. The van der Waals surface area contributed by atoms with Crippen molar-refractivity contribution in [2.24, 2.45) is 23.5 Å². The predicted molar refractivity (Wildman–Crippen MR) is 77.8 cm³/mol. The second-order valence-electron chi connectivity index (χ2n) is 6.23. The molecule has 1 fully saturated rings. The van der Waals surface area contributed by atoms with Crippen LogP contribution >= 0.6 is 0 Å². The summed E-state index contributed by atoms with van der Waals surface area (Å²) < 4.78 is 5.12. The number of hydrogen-bond donors (Lipinski definition) is 1. The molecule has 3 atom stereocenters. The first-order chi connectivity index (χ1) is 8.97. The average Bonchev–Trinajstić information content (AvgIpc) is 2.36. The molecule has 0 aromatic heterocycles. The summed E-state index contributed by atoms with van der Waals surface area (Å²) in [6, 6.07) is 0.172. The van der Waals surface area contributed by atoms with Crippen LogP contribution < -0.4 is 5.73 Å². The second-order valence-corrected chi connectivity index (χ2v) is 6.23. The van der Waals surface area contributed by atoms with Crippen molar-refractivity contribution in [1.29, 1.82) is 0 Å². The van der Waals surface area contributed by atoms with Crippen molar-refractivity contribution in [3.05, 3.63) is 0 Å². The third-order valence-electron chi connectivity index (χ3n) is 4.14. The zero-order chi connectivity index (χ0) is 14.4. The summed E-state index contributed by atoms with van der Waals surface area (Å²) in [5, 5.41) is 0. The molecule has 0 aromatic rings. The summed E-state index contributed by atoms with van der Waals surface area (Å²) in [5.41, 5.74) is 6.11. The molecule has 0 aromatic carbocycles.